The molecule has 1 saturated heterocycles. The number of carbonyl (C=O) groups is 1. The predicted molar refractivity (Wildman–Crippen MR) is 72.1 cm³/mol. The van der Waals surface area contributed by atoms with Crippen LogP contribution in [-0.2, 0) is 0 Å². The Morgan fingerprint density at radius 2 is 1.85 bits per heavy atom. The molecule has 2 rings (SSSR count). The summed E-state index contributed by atoms with van der Waals surface area (Å²) >= 11 is 0. The molecule has 1 aliphatic rings. The van der Waals surface area contributed by atoms with Crippen molar-refractivity contribution in [1.29, 1.82) is 0 Å². The van der Waals surface area contributed by atoms with Crippen LogP contribution in [0.4, 0.5) is 14.5 Å². The van der Waals surface area contributed by atoms with Crippen molar-refractivity contribution in [2.45, 2.75) is 19.3 Å². The van der Waals surface area contributed by atoms with E-state index in [4.69, 9.17) is 5.11 Å². The average Bonchev–Trinajstić information content (AvgIpc) is 2.89. The summed E-state index contributed by atoms with van der Waals surface area (Å²) in [5.41, 5.74) is -0.640. The molecule has 1 aliphatic heterocycles. The summed E-state index contributed by atoms with van der Waals surface area (Å²) in [5.74, 6) is -3.09. The maximum absolute atomic E-state index is 13.6. The number of carboxylic acid groups (broad SMARTS) is 1. The van der Waals surface area contributed by atoms with Crippen molar-refractivity contribution in [2.75, 3.05) is 31.5 Å². The van der Waals surface area contributed by atoms with Gasteiger partial charge in [0.25, 0.3) is 0 Å². The number of anilines is 1. The number of carboxylic acids is 1. The van der Waals surface area contributed by atoms with Gasteiger partial charge in [-0.15, -0.1) is 0 Å². The quantitative estimate of drug-likeness (QED) is 0.788. The Labute approximate surface area is 116 Å². The maximum atomic E-state index is 13.6. The molecule has 0 spiro atoms. The smallest absolute Gasteiger partial charge is 0.335 e. The van der Waals surface area contributed by atoms with E-state index in [-0.39, 0.29) is 11.3 Å². The molecule has 1 heterocycles. The normalized spacial score (nSPS) is 15.5. The second kappa shape index (κ2) is 6.65. The molecule has 0 saturated carbocycles. The Morgan fingerprint density at radius 1 is 1.25 bits per heavy atom. The molecule has 2 N–H and O–H groups in total. The second-order valence-corrected chi connectivity index (χ2v) is 4.95. The van der Waals surface area contributed by atoms with E-state index in [1.165, 1.54) is 12.8 Å². The van der Waals surface area contributed by atoms with E-state index in [1.54, 1.807) is 0 Å². The zero-order chi connectivity index (χ0) is 14.5. The molecule has 0 unspecified atom stereocenters. The Kier molecular flexibility index (Phi) is 4.89. The van der Waals surface area contributed by atoms with Gasteiger partial charge in [0, 0.05) is 6.54 Å². The van der Waals surface area contributed by atoms with Crippen molar-refractivity contribution < 1.29 is 18.7 Å². The van der Waals surface area contributed by atoms with E-state index in [1.807, 2.05) is 0 Å². The lowest BCUT2D eigenvalue weighted by atomic mass is 10.2. The molecule has 0 radical (unpaired) electrons. The molecule has 6 heteroatoms. The molecule has 1 aromatic rings. The van der Waals surface area contributed by atoms with Crippen molar-refractivity contribution in [3.05, 3.63) is 29.3 Å². The van der Waals surface area contributed by atoms with Gasteiger partial charge in [-0.1, -0.05) is 0 Å². The molecule has 0 aromatic heterocycles. The maximum Gasteiger partial charge on any atom is 0.335 e. The number of hydrogen-bond donors (Lipinski definition) is 2. The fourth-order valence-corrected chi connectivity index (χ4v) is 2.39. The van der Waals surface area contributed by atoms with Gasteiger partial charge in [-0.3, -0.25) is 0 Å². The fourth-order valence-electron chi connectivity index (χ4n) is 2.39. The molecule has 0 bridgehead atoms. The van der Waals surface area contributed by atoms with Crippen LogP contribution >= 0.6 is 0 Å². The Hall–Kier alpha value is -1.69. The van der Waals surface area contributed by atoms with Crippen LogP contribution in [0.3, 0.4) is 0 Å². The van der Waals surface area contributed by atoms with Gasteiger partial charge in [0.2, 0.25) is 0 Å². The van der Waals surface area contributed by atoms with E-state index in [2.05, 4.69) is 10.2 Å². The van der Waals surface area contributed by atoms with Crippen molar-refractivity contribution in [1.82, 2.24) is 4.90 Å². The van der Waals surface area contributed by atoms with Crippen LogP contribution in [0, 0.1) is 11.6 Å². The third-order valence-electron chi connectivity index (χ3n) is 3.44. The van der Waals surface area contributed by atoms with Crippen molar-refractivity contribution in [3.63, 3.8) is 0 Å². The summed E-state index contributed by atoms with van der Waals surface area (Å²) in [5, 5.41) is 11.4. The first kappa shape index (κ1) is 14.7. The highest BCUT2D eigenvalue weighted by Gasteiger charge is 2.15. The molecular formula is C14H18F2N2O2. The Morgan fingerprint density at radius 3 is 2.40 bits per heavy atom. The molecule has 4 nitrogen and oxygen atoms in total. The number of halogens is 2. The number of aromatic carboxylic acids is 1. The summed E-state index contributed by atoms with van der Waals surface area (Å²) < 4.78 is 27.2. The fraction of sp³-hybridized carbons (Fsp3) is 0.500. The summed E-state index contributed by atoms with van der Waals surface area (Å²) in [6, 6.07) is 1.66. The lowest BCUT2D eigenvalue weighted by molar-refractivity contribution is 0.0696. The molecule has 0 amide bonds. The van der Waals surface area contributed by atoms with Crippen LogP contribution in [0.15, 0.2) is 12.1 Å². The minimum Gasteiger partial charge on any atom is -0.478 e. The predicted octanol–water partition coefficient (Wildman–Crippen LogP) is 2.56. The highest BCUT2D eigenvalue weighted by molar-refractivity contribution is 5.88. The van der Waals surface area contributed by atoms with E-state index in [9.17, 15) is 13.6 Å². The van der Waals surface area contributed by atoms with E-state index in [0.717, 1.165) is 38.2 Å². The first-order chi connectivity index (χ1) is 9.58. The van der Waals surface area contributed by atoms with Gasteiger partial charge in [0.15, 0.2) is 0 Å². The lowest BCUT2D eigenvalue weighted by Gasteiger charge is -2.15. The first-order valence-corrected chi connectivity index (χ1v) is 6.76. The Balaban J connectivity index is 1.87. The number of rotatable bonds is 6. The van der Waals surface area contributed by atoms with Crippen LogP contribution in [0.1, 0.15) is 29.6 Å². The van der Waals surface area contributed by atoms with E-state index < -0.39 is 17.6 Å². The topological polar surface area (TPSA) is 52.6 Å². The van der Waals surface area contributed by atoms with E-state index in [0.29, 0.717) is 6.54 Å². The summed E-state index contributed by atoms with van der Waals surface area (Å²) in [6.07, 6.45) is 3.22. The van der Waals surface area contributed by atoms with Crippen molar-refractivity contribution >= 4 is 11.7 Å². The van der Waals surface area contributed by atoms with Gasteiger partial charge in [-0.05, 0) is 51.0 Å². The molecule has 0 aliphatic carbocycles. The summed E-state index contributed by atoms with van der Waals surface area (Å²) in [4.78, 5) is 13.0. The van der Waals surface area contributed by atoms with E-state index >= 15 is 0 Å². The molecule has 1 aromatic carbocycles. The lowest BCUT2D eigenvalue weighted by Crippen LogP contribution is -2.22. The van der Waals surface area contributed by atoms with Gasteiger partial charge in [0.1, 0.15) is 17.3 Å². The highest BCUT2D eigenvalue weighted by Crippen LogP contribution is 2.21. The molecule has 110 valence electrons. The molecule has 20 heavy (non-hydrogen) atoms. The van der Waals surface area contributed by atoms with Crippen LogP contribution in [0.2, 0.25) is 0 Å². The van der Waals surface area contributed by atoms with Crippen molar-refractivity contribution in [2.24, 2.45) is 0 Å². The van der Waals surface area contributed by atoms with Gasteiger partial charge in [-0.25, -0.2) is 13.6 Å². The number of hydrogen-bond acceptors (Lipinski definition) is 3. The summed E-state index contributed by atoms with van der Waals surface area (Å²) in [6.45, 7) is 3.55. The standard InChI is InChI=1S/C14H18F2N2O2/c15-11-8-10(14(19)20)9-12(16)13(11)17-4-3-7-18-5-1-2-6-18/h8-9,17H,1-7H2,(H,19,20). The average molecular weight is 284 g/mol. The van der Waals surface area contributed by atoms with Crippen LogP contribution in [0.25, 0.3) is 0 Å². The van der Waals surface area contributed by atoms with Gasteiger partial charge >= 0.3 is 5.97 Å². The van der Waals surface area contributed by atoms with Gasteiger partial charge < -0.3 is 15.3 Å². The Bertz CT molecular complexity index is 465. The van der Waals surface area contributed by atoms with Crippen LogP contribution < -0.4 is 5.32 Å². The minimum absolute atomic E-state index is 0.253. The number of nitrogens with zero attached hydrogens (tertiary/aromatic N) is 1. The van der Waals surface area contributed by atoms with Crippen LogP contribution in [0.5, 0.6) is 0 Å². The third kappa shape index (κ3) is 3.66. The van der Waals surface area contributed by atoms with Crippen molar-refractivity contribution in [3.8, 4) is 0 Å². The minimum atomic E-state index is -1.34. The van der Waals surface area contributed by atoms with Gasteiger partial charge in [-0.2, -0.15) is 0 Å². The number of nitrogens with one attached hydrogen (secondary N) is 1. The monoisotopic (exact) mass is 284 g/mol. The zero-order valence-electron chi connectivity index (χ0n) is 11.2. The SMILES string of the molecule is O=C(O)c1cc(F)c(NCCCN2CCCC2)c(F)c1. The number of likely N-dealkylation sites (tertiary alicyclic amines) is 1. The first-order valence-electron chi connectivity index (χ1n) is 6.76. The zero-order valence-corrected chi connectivity index (χ0v) is 11.2. The molecular weight excluding hydrogens is 266 g/mol. The highest BCUT2D eigenvalue weighted by atomic mass is 19.1. The summed E-state index contributed by atoms with van der Waals surface area (Å²) in [7, 11) is 0. The molecule has 1 fully saturated rings. The van der Waals surface area contributed by atoms with Crippen LogP contribution in [-0.4, -0.2) is 42.2 Å². The third-order valence-corrected chi connectivity index (χ3v) is 3.44. The largest absolute Gasteiger partial charge is 0.478 e. The number of benzene rings is 1. The second-order valence-electron chi connectivity index (χ2n) is 4.95. The van der Waals surface area contributed by atoms with Gasteiger partial charge in [0.05, 0.1) is 5.56 Å². The molecule has 0 atom stereocenters.